The number of hydrogen-bond acceptors (Lipinski definition) is 3. The van der Waals surface area contributed by atoms with Gasteiger partial charge in [-0.1, -0.05) is 23.8 Å². The standard InChI is InChI=1S/C16H17N3O2/c1-10(2)9-14(15(17)20)19-16(21)12-7-8-18-13-6-4-3-5-11(12)13/h3-8,14H,1,9H2,2H3,(H2,17,20)(H,19,21)/t14-/m0/s1. The van der Waals surface area contributed by atoms with Gasteiger partial charge >= 0.3 is 0 Å². The number of nitrogens with two attached hydrogens (primary N) is 1. The number of carbonyl (C=O) groups is 2. The predicted molar refractivity (Wildman–Crippen MR) is 81.6 cm³/mol. The van der Waals surface area contributed by atoms with E-state index in [0.717, 1.165) is 16.5 Å². The Labute approximate surface area is 122 Å². The summed E-state index contributed by atoms with van der Waals surface area (Å²) in [6.45, 7) is 5.52. The van der Waals surface area contributed by atoms with Gasteiger partial charge in [-0.3, -0.25) is 14.6 Å². The fourth-order valence-electron chi connectivity index (χ4n) is 2.10. The summed E-state index contributed by atoms with van der Waals surface area (Å²) in [7, 11) is 0. The van der Waals surface area contributed by atoms with Gasteiger partial charge in [0.2, 0.25) is 5.91 Å². The summed E-state index contributed by atoms with van der Waals surface area (Å²) in [5.74, 6) is -0.927. The minimum absolute atomic E-state index is 0.324. The molecule has 3 N–H and O–H groups in total. The van der Waals surface area contributed by atoms with Gasteiger partial charge in [-0.15, -0.1) is 6.58 Å². The number of hydrogen-bond donors (Lipinski definition) is 2. The van der Waals surface area contributed by atoms with Crippen molar-refractivity contribution >= 4 is 22.7 Å². The summed E-state index contributed by atoms with van der Waals surface area (Å²) >= 11 is 0. The van der Waals surface area contributed by atoms with Crippen LogP contribution in [0.3, 0.4) is 0 Å². The van der Waals surface area contributed by atoms with E-state index >= 15 is 0 Å². The van der Waals surface area contributed by atoms with E-state index in [0.29, 0.717) is 12.0 Å². The minimum atomic E-state index is -0.762. The maximum Gasteiger partial charge on any atom is 0.252 e. The second-order valence-electron chi connectivity index (χ2n) is 4.97. The fourth-order valence-corrected chi connectivity index (χ4v) is 2.10. The molecular formula is C16H17N3O2. The second-order valence-corrected chi connectivity index (χ2v) is 4.97. The van der Waals surface area contributed by atoms with Crippen molar-refractivity contribution in [3.8, 4) is 0 Å². The van der Waals surface area contributed by atoms with Crippen LogP contribution in [0.15, 0.2) is 48.7 Å². The Balaban J connectivity index is 2.29. The number of para-hydroxylation sites is 1. The third-order valence-electron chi connectivity index (χ3n) is 3.10. The van der Waals surface area contributed by atoms with Crippen LogP contribution in [0.1, 0.15) is 23.7 Å². The van der Waals surface area contributed by atoms with Crippen molar-refractivity contribution in [1.29, 1.82) is 0 Å². The SMILES string of the molecule is C=C(C)C[C@H](NC(=O)c1ccnc2ccccc12)C(N)=O. The zero-order valence-electron chi connectivity index (χ0n) is 11.8. The van der Waals surface area contributed by atoms with Crippen molar-refractivity contribution in [3.05, 3.63) is 54.2 Å². The number of fused-ring (bicyclic) bond motifs is 1. The average molecular weight is 283 g/mol. The maximum atomic E-state index is 12.4. The number of pyridine rings is 1. The fraction of sp³-hybridized carbons (Fsp3) is 0.188. The summed E-state index contributed by atoms with van der Waals surface area (Å²) in [6, 6.07) is 8.18. The molecule has 2 rings (SSSR count). The van der Waals surface area contributed by atoms with Crippen molar-refractivity contribution in [1.82, 2.24) is 10.3 Å². The molecule has 0 saturated carbocycles. The van der Waals surface area contributed by atoms with E-state index in [1.165, 1.54) is 0 Å². The molecule has 0 aliphatic carbocycles. The lowest BCUT2D eigenvalue weighted by atomic mass is 10.1. The van der Waals surface area contributed by atoms with E-state index in [4.69, 9.17) is 5.73 Å². The zero-order valence-corrected chi connectivity index (χ0v) is 11.8. The molecule has 0 aliphatic rings. The summed E-state index contributed by atoms with van der Waals surface area (Å²) in [6.07, 6.45) is 1.89. The summed E-state index contributed by atoms with van der Waals surface area (Å²) in [5, 5.41) is 3.39. The van der Waals surface area contributed by atoms with Gasteiger partial charge in [0.25, 0.3) is 5.91 Å². The molecule has 5 heteroatoms. The largest absolute Gasteiger partial charge is 0.368 e. The first-order valence-electron chi connectivity index (χ1n) is 6.57. The highest BCUT2D eigenvalue weighted by Gasteiger charge is 2.20. The Bertz CT molecular complexity index is 704. The van der Waals surface area contributed by atoms with Crippen LogP contribution < -0.4 is 11.1 Å². The molecule has 0 spiro atoms. The Hall–Kier alpha value is -2.69. The molecule has 108 valence electrons. The highest BCUT2D eigenvalue weighted by atomic mass is 16.2. The molecule has 2 amide bonds. The van der Waals surface area contributed by atoms with Gasteiger partial charge in [0.05, 0.1) is 11.1 Å². The first-order valence-corrected chi connectivity index (χ1v) is 6.57. The van der Waals surface area contributed by atoms with E-state index in [9.17, 15) is 9.59 Å². The monoisotopic (exact) mass is 283 g/mol. The van der Waals surface area contributed by atoms with Gasteiger partial charge in [0.1, 0.15) is 6.04 Å². The number of primary amides is 1. The van der Waals surface area contributed by atoms with Crippen LogP contribution in [-0.4, -0.2) is 22.8 Å². The van der Waals surface area contributed by atoms with Crippen molar-refractivity contribution < 1.29 is 9.59 Å². The molecular weight excluding hydrogens is 266 g/mol. The van der Waals surface area contributed by atoms with E-state index in [-0.39, 0.29) is 5.91 Å². The highest BCUT2D eigenvalue weighted by molar-refractivity contribution is 6.07. The van der Waals surface area contributed by atoms with Crippen LogP contribution in [0.25, 0.3) is 10.9 Å². The maximum absolute atomic E-state index is 12.4. The molecule has 0 fully saturated rings. The van der Waals surface area contributed by atoms with E-state index in [1.54, 1.807) is 19.2 Å². The van der Waals surface area contributed by atoms with Crippen LogP contribution in [0.5, 0.6) is 0 Å². The number of aromatic nitrogens is 1. The molecule has 2 aromatic rings. The van der Waals surface area contributed by atoms with E-state index in [2.05, 4.69) is 16.9 Å². The Kier molecular flexibility index (Phi) is 4.33. The second kappa shape index (κ2) is 6.17. The number of amides is 2. The zero-order chi connectivity index (χ0) is 15.4. The number of carbonyl (C=O) groups excluding carboxylic acids is 2. The normalized spacial score (nSPS) is 11.9. The third-order valence-corrected chi connectivity index (χ3v) is 3.10. The van der Waals surface area contributed by atoms with Crippen molar-refractivity contribution in [2.45, 2.75) is 19.4 Å². The van der Waals surface area contributed by atoms with Crippen LogP contribution in [0, 0.1) is 0 Å². The average Bonchev–Trinajstić information content (AvgIpc) is 2.45. The molecule has 1 aromatic heterocycles. The van der Waals surface area contributed by atoms with Crippen molar-refractivity contribution in [2.75, 3.05) is 0 Å². The number of rotatable bonds is 5. The van der Waals surface area contributed by atoms with Crippen LogP contribution >= 0.6 is 0 Å². The first-order chi connectivity index (χ1) is 9.99. The minimum Gasteiger partial charge on any atom is -0.368 e. The number of nitrogens with one attached hydrogen (secondary N) is 1. The lowest BCUT2D eigenvalue weighted by Crippen LogP contribution is -2.44. The highest BCUT2D eigenvalue weighted by Crippen LogP contribution is 2.16. The van der Waals surface area contributed by atoms with E-state index < -0.39 is 11.9 Å². The summed E-state index contributed by atoms with van der Waals surface area (Å²) < 4.78 is 0. The van der Waals surface area contributed by atoms with Crippen molar-refractivity contribution in [3.63, 3.8) is 0 Å². The third kappa shape index (κ3) is 3.45. The van der Waals surface area contributed by atoms with Gasteiger partial charge in [0.15, 0.2) is 0 Å². The van der Waals surface area contributed by atoms with Gasteiger partial charge in [-0.25, -0.2) is 0 Å². The van der Waals surface area contributed by atoms with Gasteiger partial charge in [0, 0.05) is 11.6 Å². The van der Waals surface area contributed by atoms with Crippen LogP contribution in [0.2, 0.25) is 0 Å². The molecule has 1 aromatic carbocycles. The summed E-state index contributed by atoms with van der Waals surface area (Å²) in [4.78, 5) is 28.0. The van der Waals surface area contributed by atoms with Gasteiger partial charge in [-0.2, -0.15) is 0 Å². The van der Waals surface area contributed by atoms with Gasteiger partial charge in [-0.05, 0) is 25.5 Å². The Morgan fingerprint density at radius 2 is 2.05 bits per heavy atom. The lowest BCUT2D eigenvalue weighted by Gasteiger charge is -2.16. The molecule has 1 atom stereocenters. The number of benzene rings is 1. The molecule has 1 heterocycles. The molecule has 0 saturated heterocycles. The quantitative estimate of drug-likeness (QED) is 0.820. The van der Waals surface area contributed by atoms with Crippen LogP contribution in [0.4, 0.5) is 0 Å². The smallest absolute Gasteiger partial charge is 0.252 e. The first kappa shape index (κ1) is 14.7. The predicted octanol–water partition coefficient (Wildman–Crippen LogP) is 1.78. The number of nitrogens with zero attached hydrogens (tertiary/aromatic N) is 1. The van der Waals surface area contributed by atoms with Gasteiger partial charge < -0.3 is 11.1 Å². The van der Waals surface area contributed by atoms with E-state index in [1.807, 2.05) is 24.3 Å². The van der Waals surface area contributed by atoms with Crippen molar-refractivity contribution in [2.24, 2.45) is 5.73 Å². The molecule has 0 radical (unpaired) electrons. The van der Waals surface area contributed by atoms with Crippen LogP contribution in [-0.2, 0) is 4.79 Å². The molecule has 5 nitrogen and oxygen atoms in total. The molecule has 0 unspecified atom stereocenters. The molecule has 0 bridgehead atoms. The topological polar surface area (TPSA) is 85.1 Å². The Morgan fingerprint density at radius 3 is 2.71 bits per heavy atom. The molecule has 0 aliphatic heterocycles. The molecule has 21 heavy (non-hydrogen) atoms. The lowest BCUT2D eigenvalue weighted by molar-refractivity contribution is -0.119. The summed E-state index contributed by atoms with van der Waals surface area (Å²) in [5.41, 5.74) is 7.28. The Morgan fingerprint density at radius 1 is 1.33 bits per heavy atom.